The second kappa shape index (κ2) is 10.6. The largest absolute Gasteiger partial charge is 0.388 e. The van der Waals surface area contributed by atoms with E-state index in [1.807, 2.05) is 78.4 Å². The molecule has 0 saturated heterocycles. The van der Waals surface area contributed by atoms with Crippen LogP contribution in [0.3, 0.4) is 0 Å². The molecule has 0 fully saturated rings. The van der Waals surface area contributed by atoms with Gasteiger partial charge in [-0.15, -0.1) is 11.6 Å². The number of allylic oxidation sites excluding steroid dienone is 2. The quantitative estimate of drug-likeness (QED) is 0.491. The van der Waals surface area contributed by atoms with Crippen LogP contribution in [0.1, 0.15) is 23.4 Å². The van der Waals surface area contributed by atoms with Gasteiger partial charge in [0, 0.05) is 30.1 Å². The smallest absolute Gasteiger partial charge is 0.231 e. The average molecular weight is 463 g/mol. The summed E-state index contributed by atoms with van der Waals surface area (Å²) in [6.07, 6.45) is 6.45. The number of aliphatic hydroxyl groups is 1. The highest BCUT2D eigenvalue weighted by molar-refractivity contribution is 6.22. The Kier molecular flexibility index (Phi) is 7.37. The minimum atomic E-state index is -0.628. The predicted molar refractivity (Wildman–Crippen MR) is 130 cm³/mol. The van der Waals surface area contributed by atoms with Gasteiger partial charge in [-0.05, 0) is 42.2 Å². The van der Waals surface area contributed by atoms with Crippen molar-refractivity contribution >= 4 is 23.3 Å². The topological polar surface area (TPSA) is 80.0 Å². The standard InChI is InChI=1S/C26H27ClN4O2/c1-18-13-25(29-26(33)16-22-9-5-6-12-28-22)30-31(18)17-20-15-21(27)10-11-23(20)24(32)14-19-7-3-2-4-8-19/h2-9,11-13,15,21,24,32H,10,14,16-17H2,1H3,(H,29,30,33)/t21?,24-/m0/s1. The molecule has 1 aliphatic carbocycles. The van der Waals surface area contributed by atoms with E-state index in [-0.39, 0.29) is 17.7 Å². The van der Waals surface area contributed by atoms with Gasteiger partial charge in [-0.3, -0.25) is 14.5 Å². The summed E-state index contributed by atoms with van der Waals surface area (Å²) in [6, 6.07) is 17.3. The first-order valence-electron chi connectivity index (χ1n) is 11.0. The molecule has 0 radical (unpaired) electrons. The van der Waals surface area contributed by atoms with Crippen molar-refractivity contribution in [1.82, 2.24) is 14.8 Å². The van der Waals surface area contributed by atoms with E-state index in [1.165, 1.54) is 0 Å². The van der Waals surface area contributed by atoms with Crippen molar-refractivity contribution in [3.63, 3.8) is 0 Å². The van der Waals surface area contributed by atoms with Crippen LogP contribution in [0.15, 0.2) is 84.1 Å². The predicted octanol–water partition coefficient (Wildman–Crippen LogP) is 4.24. The van der Waals surface area contributed by atoms with Gasteiger partial charge in [0.1, 0.15) is 0 Å². The molecule has 3 aromatic rings. The molecular weight excluding hydrogens is 436 g/mol. The normalized spacial score (nSPS) is 16.6. The highest BCUT2D eigenvalue weighted by Crippen LogP contribution is 2.28. The maximum absolute atomic E-state index is 12.4. The van der Waals surface area contributed by atoms with Crippen LogP contribution in [0.25, 0.3) is 0 Å². The van der Waals surface area contributed by atoms with Gasteiger partial charge < -0.3 is 10.4 Å². The number of benzene rings is 1. The number of aliphatic hydroxyl groups excluding tert-OH is 1. The number of carbonyl (C=O) groups is 1. The fourth-order valence-electron chi connectivity index (χ4n) is 3.94. The zero-order chi connectivity index (χ0) is 23.2. The van der Waals surface area contributed by atoms with Crippen molar-refractivity contribution in [1.29, 1.82) is 0 Å². The van der Waals surface area contributed by atoms with Crippen molar-refractivity contribution < 1.29 is 9.90 Å². The van der Waals surface area contributed by atoms with E-state index in [1.54, 1.807) is 6.20 Å². The molecule has 33 heavy (non-hydrogen) atoms. The summed E-state index contributed by atoms with van der Waals surface area (Å²) in [4.78, 5) is 16.6. The molecule has 1 aliphatic rings. The first-order valence-corrected chi connectivity index (χ1v) is 11.4. The summed E-state index contributed by atoms with van der Waals surface area (Å²) in [5.74, 6) is 0.317. The van der Waals surface area contributed by atoms with Crippen molar-refractivity contribution in [3.8, 4) is 0 Å². The summed E-state index contributed by atoms with van der Waals surface area (Å²) in [5.41, 5.74) is 4.51. The Bertz CT molecular complexity index is 1160. The number of amides is 1. The molecule has 0 bridgehead atoms. The molecule has 0 spiro atoms. The summed E-state index contributed by atoms with van der Waals surface area (Å²) in [7, 11) is 0. The molecule has 2 heterocycles. The lowest BCUT2D eigenvalue weighted by atomic mass is 9.90. The Labute approximate surface area is 198 Å². The molecule has 4 rings (SSSR count). The van der Waals surface area contributed by atoms with Gasteiger partial charge in [-0.25, -0.2) is 0 Å². The molecular formula is C26H27ClN4O2. The number of hydrogen-bond donors (Lipinski definition) is 2. The molecule has 2 aromatic heterocycles. The molecule has 7 heteroatoms. The highest BCUT2D eigenvalue weighted by Gasteiger charge is 2.22. The number of halogens is 1. The average Bonchev–Trinajstić information content (AvgIpc) is 3.13. The fraction of sp³-hybridized carbons (Fsp3) is 0.269. The summed E-state index contributed by atoms with van der Waals surface area (Å²) in [6.45, 7) is 2.40. The van der Waals surface area contributed by atoms with Crippen molar-refractivity contribution in [3.05, 3.63) is 101 Å². The van der Waals surface area contributed by atoms with Crippen LogP contribution < -0.4 is 5.32 Å². The van der Waals surface area contributed by atoms with Gasteiger partial charge in [0.25, 0.3) is 0 Å². The second-order valence-corrected chi connectivity index (χ2v) is 8.74. The third-order valence-electron chi connectivity index (χ3n) is 5.58. The molecule has 170 valence electrons. The van der Waals surface area contributed by atoms with Crippen LogP contribution >= 0.6 is 11.6 Å². The molecule has 1 amide bonds. The van der Waals surface area contributed by atoms with Gasteiger partial charge >= 0.3 is 0 Å². The van der Waals surface area contributed by atoms with Gasteiger partial charge in [-0.2, -0.15) is 5.10 Å². The first kappa shape index (κ1) is 23.0. The number of anilines is 1. The lowest BCUT2D eigenvalue weighted by Gasteiger charge is -2.23. The van der Waals surface area contributed by atoms with Crippen LogP contribution in [-0.2, 0) is 24.2 Å². The van der Waals surface area contributed by atoms with Crippen LogP contribution in [0, 0.1) is 6.92 Å². The van der Waals surface area contributed by atoms with E-state index >= 15 is 0 Å². The lowest BCUT2D eigenvalue weighted by molar-refractivity contribution is -0.115. The Balaban J connectivity index is 1.44. The number of aromatic nitrogens is 3. The number of nitrogens with zero attached hydrogens (tertiary/aromatic N) is 3. The zero-order valence-corrected chi connectivity index (χ0v) is 19.2. The van der Waals surface area contributed by atoms with E-state index in [0.717, 1.165) is 22.4 Å². The third kappa shape index (κ3) is 6.18. The maximum atomic E-state index is 12.4. The fourth-order valence-corrected chi connectivity index (χ4v) is 4.18. The highest BCUT2D eigenvalue weighted by atomic mass is 35.5. The van der Waals surface area contributed by atoms with E-state index in [9.17, 15) is 9.90 Å². The van der Waals surface area contributed by atoms with E-state index in [0.29, 0.717) is 30.9 Å². The Morgan fingerprint density at radius 3 is 2.79 bits per heavy atom. The van der Waals surface area contributed by atoms with Crippen molar-refractivity contribution in [2.24, 2.45) is 0 Å². The summed E-state index contributed by atoms with van der Waals surface area (Å²) < 4.78 is 1.82. The van der Waals surface area contributed by atoms with E-state index in [2.05, 4.69) is 15.4 Å². The minimum Gasteiger partial charge on any atom is -0.388 e. The zero-order valence-electron chi connectivity index (χ0n) is 18.5. The first-order chi connectivity index (χ1) is 16.0. The molecule has 0 saturated carbocycles. The van der Waals surface area contributed by atoms with Crippen molar-refractivity contribution in [2.75, 3.05) is 5.32 Å². The molecule has 2 atom stereocenters. The number of alkyl halides is 1. The maximum Gasteiger partial charge on any atom is 0.231 e. The van der Waals surface area contributed by atoms with Crippen LogP contribution in [0.5, 0.6) is 0 Å². The molecule has 6 nitrogen and oxygen atoms in total. The number of nitrogens with one attached hydrogen (secondary N) is 1. The van der Waals surface area contributed by atoms with Crippen molar-refractivity contribution in [2.45, 2.75) is 44.2 Å². The van der Waals surface area contributed by atoms with Gasteiger partial charge in [0.05, 0.1) is 24.4 Å². The number of pyridine rings is 1. The Morgan fingerprint density at radius 1 is 1.24 bits per heavy atom. The molecule has 1 aromatic carbocycles. The molecule has 1 unspecified atom stereocenters. The van der Waals surface area contributed by atoms with Gasteiger partial charge in [-0.1, -0.05) is 48.6 Å². The Morgan fingerprint density at radius 2 is 2.03 bits per heavy atom. The minimum absolute atomic E-state index is 0.124. The number of hydrogen-bond acceptors (Lipinski definition) is 4. The van der Waals surface area contributed by atoms with Crippen LogP contribution in [0.2, 0.25) is 0 Å². The summed E-state index contributed by atoms with van der Waals surface area (Å²) >= 11 is 6.40. The van der Waals surface area contributed by atoms with Crippen LogP contribution in [0.4, 0.5) is 5.82 Å². The molecule has 2 N–H and O–H groups in total. The van der Waals surface area contributed by atoms with E-state index in [4.69, 9.17) is 11.6 Å². The van der Waals surface area contributed by atoms with Crippen LogP contribution in [-0.4, -0.2) is 37.3 Å². The third-order valence-corrected chi connectivity index (χ3v) is 5.89. The second-order valence-electron chi connectivity index (χ2n) is 8.18. The Hall–Kier alpha value is -3.22. The van der Waals surface area contributed by atoms with E-state index < -0.39 is 6.10 Å². The SMILES string of the molecule is Cc1cc(NC(=O)Cc2ccccn2)nn1CC1=CC(Cl)CC=C1[C@@H](O)Cc1ccccc1. The number of aryl methyl sites for hydroxylation is 1. The monoisotopic (exact) mass is 462 g/mol. The number of rotatable bonds is 8. The molecule has 0 aliphatic heterocycles. The van der Waals surface area contributed by atoms with Gasteiger partial charge in [0.2, 0.25) is 5.91 Å². The number of carbonyl (C=O) groups excluding carboxylic acids is 1. The lowest BCUT2D eigenvalue weighted by Crippen LogP contribution is -2.22. The van der Waals surface area contributed by atoms with Gasteiger partial charge in [0.15, 0.2) is 5.82 Å². The summed E-state index contributed by atoms with van der Waals surface area (Å²) in [5, 5.41) is 18.2.